The van der Waals surface area contributed by atoms with Crippen molar-refractivity contribution < 1.29 is 0 Å². The van der Waals surface area contributed by atoms with Gasteiger partial charge in [-0.15, -0.1) is 0 Å². The van der Waals surface area contributed by atoms with Gasteiger partial charge in [-0.25, -0.2) is 4.98 Å². The number of anilines is 1. The summed E-state index contributed by atoms with van der Waals surface area (Å²) < 4.78 is 1.76. The summed E-state index contributed by atoms with van der Waals surface area (Å²) in [5.74, 6) is 0. The van der Waals surface area contributed by atoms with Crippen molar-refractivity contribution in [1.82, 2.24) is 4.98 Å². The molecule has 0 atom stereocenters. The van der Waals surface area contributed by atoms with Crippen molar-refractivity contribution in [2.75, 3.05) is 5.32 Å². The molecular weight excluding hydrogens is 403 g/mol. The van der Waals surface area contributed by atoms with Crippen molar-refractivity contribution in [3.05, 3.63) is 55.1 Å². The second kappa shape index (κ2) is 6.24. The number of nitrogens with one attached hydrogen (secondary N) is 1. The van der Waals surface area contributed by atoms with E-state index in [2.05, 4.69) is 42.2 Å². The highest BCUT2D eigenvalue weighted by atomic mass is 79.9. The van der Waals surface area contributed by atoms with Crippen LogP contribution in [0.3, 0.4) is 0 Å². The van der Waals surface area contributed by atoms with Gasteiger partial charge in [-0.3, -0.25) is 0 Å². The Morgan fingerprint density at radius 2 is 1.94 bits per heavy atom. The molecule has 1 aromatic carbocycles. The fourth-order valence-electron chi connectivity index (χ4n) is 1.39. The van der Waals surface area contributed by atoms with Crippen LogP contribution in [-0.4, -0.2) is 4.98 Å². The second-order valence-corrected chi connectivity index (χ2v) is 6.12. The Kier molecular flexibility index (Phi) is 4.90. The summed E-state index contributed by atoms with van der Waals surface area (Å²) in [5, 5.41) is 4.41. The van der Waals surface area contributed by atoms with Crippen LogP contribution in [0.1, 0.15) is 5.56 Å². The maximum atomic E-state index is 6.11. The number of benzene rings is 1. The number of halogens is 4. The van der Waals surface area contributed by atoms with Crippen LogP contribution < -0.4 is 5.32 Å². The van der Waals surface area contributed by atoms with E-state index < -0.39 is 0 Å². The molecule has 0 amide bonds. The molecule has 0 aliphatic rings. The van der Waals surface area contributed by atoms with Gasteiger partial charge in [0.25, 0.3) is 0 Å². The van der Waals surface area contributed by atoms with Gasteiger partial charge in [-0.2, -0.15) is 0 Å². The third kappa shape index (κ3) is 3.60. The molecule has 0 bridgehead atoms. The van der Waals surface area contributed by atoms with Crippen LogP contribution in [0.2, 0.25) is 10.2 Å². The van der Waals surface area contributed by atoms with E-state index in [9.17, 15) is 0 Å². The largest absolute Gasteiger partial charge is 0.380 e. The Labute approximate surface area is 132 Å². The molecule has 0 aliphatic carbocycles. The van der Waals surface area contributed by atoms with Gasteiger partial charge in [-0.05, 0) is 45.8 Å². The van der Waals surface area contributed by atoms with Gasteiger partial charge in [0.15, 0.2) is 0 Å². The molecule has 0 unspecified atom stereocenters. The maximum Gasteiger partial charge on any atom is 0.143 e. The van der Waals surface area contributed by atoms with E-state index in [1.807, 2.05) is 24.3 Å². The molecular formula is C12H8Br2Cl2N2. The molecule has 18 heavy (non-hydrogen) atoms. The van der Waals surface area contributed by atoms with E-state index >= 15 is 0 Å². The monoisotopic (exact) mass is 408 g/mol. The van der Waals surface area contributed by atoms with Gasteiger partial charge in [0.1, 0.15) is 5.15 Å². The van der Waals surface area contributed by atoms with Gasteiger partial charge >= 0.3 is 0 Å². The first-order valence-electron chi connectivity index (χ1n) is 5.05. The minimum Gasteiger partial charge on any atom is -0.380 e. The highest BCUT2D eigenvalue weighted by Gasteiger charge is 2.03. The lowest BCUT2D eigenvalue weighted by molar-refractivity contribution is 1.13. The number of hydrogen-bond donors (Lipinski definition) is 1. The standard InChI is InChI=1S/C12H8Br2Cl2N2/c13-8-1-2-11(15)7(3-8)5-17-9-4-10(14)12(16)18-6-9/h1-4,6,17H,5H2. The average molecular weight is 411 g/mol. The van der Waals surface area contributed by atoms with Crippen LogP contribution in [0.15, 0.2) is 39.4 Å². The van der Waals surface area contributed by atoms with E-state index in [1.165, 1.54) is 0 Å². The smallest absolute Gasteiger partial charge is 0.143 e. The molecule has 2 rings (SSSR count). The lowest BCUT2D eigenvalue weighted by Crippen LogP contribution is -2.00. The van der Waals surface area contributed by atoms with E-state index in [0.717, 1.165) is 25.2 Å². The maximum absolute atomic E-state index is 6.11. The van der Waals surface area contributed by atoms with E-state index in [1.54, 1.807) is 6.20 Å². The highest BCUT2D eigenvalue weighted by Crippen LogP contribution is 2.25. The third-order valence-corrected chi connectivity index (χ3v) is 4.28. The summed E-state index contributed by atoms with van der Waals surface area (Å²) in [6.07, 6.45) is 1.68. The van der Waals surface area contributed by atoms with Crippen LogP contribution in [0.4, 0.5) is 5.69 Å². The minimum atomic E-state index is 0.445. The normalized spacial score (nSPS) is 10.4. The highest BCUT2D eigenvalue weighted by molar-refractivity contribution is 9.10. The molecule has 6 heteroatoms. The molecule has 0 fully saturated rings. The first-order chi connectivity index (χ1) is 8.56. The molecule has 0 radical (unpaired) electrons. The van der Waals surface area contributed by atoms with E-state index in [4.69, 9.17) is 23.2 Å². The summed E-state index contributed by atoms with van der Waals surface area (Å²) in [6.45, 7) is 0.619. The zero-order valence-electron chi connectivity index (χ0n) is 9.05. The van der Waals surface area contributed by atoms with Gasteiger partial charge in [0.05, 0.1) is 16.4 Å². The van der Waals surface area contributed by atoms with Gasteiger partial charge in [-0.1, -0.05) is 39.1 Å². The van der Waals surface area contributed by atoms with Crippen molar-refractivity contribution in [1.29, 1.82) is 0 Å². The molecule has 2 aromatic rings. The Morgan fingerprint density at radius 1 is 1.17 bits per heavy atom. The number of hydrogen-bond acceptors (Lipinski definition) is 2. The summed E-state index contributed by atoms with van der Waals surface area (Å²) in [4.78, 5) is 4.04. The molecule has 0 aliphatic heterocycles. The topological polar surface area (TPSA) is 24.9 Å². The van der Waals surface area contributed by atoms with Crippen LogP contribution in [0.25, 0.3) is 0 Å². The van der Waals surface area contributed by atoms with Gasteiger partial charge in [0.2, 0.25) is 0 Å². The van der Waals surface area contributed by atoms with Crippen molar-refractivity contribution in [2.24, 2.45) is 0 Å². The molecule has 1 aromatic heterocycles. The summed E-state index contributed by atoms with van der Waals surface area (Å²) in [5.41, 5.74) is 1.89. The Balaban J connectivity index is 2.11. The van der Waals surface area contributed by atoms with Gasteiger partial charge < -0.3 is 5.32 Å². The van der Waals surface area contributed by atoms with Crippen LogP contribution >= 0.6 is 55.1 Å². The van der Waals surface area contributed by atoms with Crippen molar-refractivity contribution >= 4 is 60.7 Å². The van der Waals surface area contributed by atoms with E-state index in [-0.39, 0.29) is 0 Å². The number of pyridine rings is 1. The molecule has 1 heterocycles. The molecule has 1 N–H and O–H groups in total. The van der Waals surface area contributed by atoms with Crippen molar-refractivity contribution in [3.8, 4) is 0 Å². The Morgan fingerprint density at radius 3 is 2.67 bits per heavy atom. The minimum absolute atomic E-state index is 0.445. The molecule has 94 valence electrons. The van der Waals surface area contributed by atoms with Crippen LogP contribution in [-0.2, 0) is 6.54 Å². The van der Waals surface area contributed by atoms with Crippen LogP contribution in [0.5, 0.6) is 0 Å². The number of aromatic nitrogens is 1. The molecule has 0 spiro atoms. The second-order valence-electron chi connectivity index (χ2n) is 3.59. The Hall–Kier alpha value is -0.290. The first kappa shape index (κ1) is 14.1. The fourth-order valence-corrected chi connectivity index (χ4v) is 2.44. The average Bonchev–Trinajstić information content (AvgIpc) is 2.34. The quantitative estimate of drug-likeness (QED) is 0.673. The third-order valence-electron chi connectivity index (χ3n) is 2.29. The SMILES string of the molecule is Clc1ccc(Br)cc1CNc1cnc(Cl)c(Br)c1. The lowest BCUT2D eigenvalue weighted by atomic mass is 10.2. The Bertz CT molecular complexity index is 576. The predicted octanol–water partition coefficient (Wildman–Crippen LogP) is 5.53. The summed E-state index contributed by atoms with van der Waals surface area (Å²) >= 11 is 18.7. The number of nitrogens with zero attached hydrogens (tertiary/aromatic N) is 1. The zero-order valence-corrected chi connectivity index (χ0v) is 13.7. The van der Waals surface area contributed by atoms with Crippen LogP contribution in [0, 0.1) is 0 Å². The van der Waals surface area contributed by atoms with E-state index in [0.29, 0.717) is 11.7 Å². The number of rotatable bonds is 3. The molecule has 0 saturated carbocycles. The predicted molar refractivity (Wildman–Crippen MR) is 83.4 cm³/mol. The first-order valence-corrected chi connectivity index (χ1v) is 7.39. The molecule has 2 nitrogen and oxygen atoms in total. The summed E-state index contributed by atoms with van der Waals surface area (Å²) in [7, 11) is 0. The fraction of sp³-hybridized carbons (Fsp3) is 0.0833. The van der Waals surface area contributed by atoms with Crippen molar-refractivity contribution in [3.63, 3.8) is 0 Å². The lowest BCUT2D eigenvalue weighted by Gasteiger charge is -2.09. The van der Waals surface area contributed by atoms with Crippen molar-refractivity contribution in [2.45, 2.75) is 6.54 Å². The zero-order chi connectivity index (χ0) is 13.1. The summed E-state index contributed by atoms with van der Waals surface area (Å²) in [6, 6.07) is 7.62. The molecule has 0 saturated heterocycles. The van der Waals surface area contributed by atoms with Gasteiger partial charge in [0, 0.05) is 16.0 Å².